The topological polar surface area (TPSA) is 181 Å². The Balaban J connectivity index is 0.00000380. The number of hydrogen-bond acceptors (Lipinski definition) is 8. The van der Waals surface area contributed by atoms with Gasteiger partial charge >= 0.3 is 11.9 Å². The summed E-state index contributed by atoms with van der Waals surface area (Å²) < 4.78 is 10.4. The van der Waals surface area contributed by atoms with Crippen molar-refractivity contribution in [3.05, 3.63) is 59.7 Å². The van der Waals surface area contributed by atoms with E-state index in [4.69, 9.17) is 26.4 Å². The van der Waals surface area contributed by atoms with Gasteiger partial charge in [-0.15, -0.1) is 24.8 Å². The molecule has 0 radical (unpaired) electrons. The monoisotopic (exact) mass is 582 g/mol. The zero-order valence-corrected chi connectivity index (χ0v) is 23.1. The smallest absolute Gasteiger partial charge is 0.343 e. The molecular weight excluding hydrogens is 551 g/mol. The molecule has 0 aliphatic carbocycles. The number of piperazine rings is 1. The minimum atomic E-state index is -1.61. The fraction of sp³-hybridized carbons (Fsp3) is 0.320. The second-order valence-electron chi connectivity index (χ2n) is 8.47. The number of primary amides is 1. The maximum atomic E-state index is 13.0. The number of nitrogens with two attached hydrogens (primary N) is 2. The summed E-state index contributed by atoms with van der Waals surface area (Å²) in [6.45, 7) is 4.30. The van der Waals surface area contributed by atoms with Crippen molar-refractivity contribution in [2.75, 3.05) is 38.1 Å². The van der Waals surface area contributed by atoms with Crippen LogP contribution >= 0.6 is 24.8 Å². The van der Waals surface area contributed by atoms with Gasteiger partial charge in [-0.3, -0.25) is 19.9 Å². The number of carbonyl (C=O) groups is 4. The summed E-state index contributed by atoms with van der Waals surface area (Å²) in [7, 11) is 0. The Morgan fingerprint density at radius 3 is 1.95 bits per heavy atom. The highest BCUT2D eigenvalue weighted by atomic mass is 35.5. The van der Waals surface area contributed by atoms with E-state index < -0.39 is 23.4 Å². The molecule has 0 bridgehead atoms. The summed E-state index contributed by atoms with van der Waals surface area (Å²) in [4.78, 5) is 53.1. The van der Waals surface area contributed by atoms with Gasteiger partial charge in [-0.2, -0.15) is 0 Å². The molecule has 0 spiro atoms. The van der Waals surface area contributed by atoms with E-state index in [-0.39, 0.29) is 75.2 Å². The lowest BCUT2D eigenvalue weighted by Gasteiger charge is -2.42. The highest BCUT2D eigenvalue weighted by Crippen LogP contribution is 2.22. The minimum Gasteiger partial charge on any atom is -0.464 e. The molecule has 1 aliphatic heterocycles. The first-order valence-electron chi connectivity index (χ1n) is 11.6. The van der Waals surface area contributed by atoms with Gasteiger partial charge in [0, 0.05) is 37.4 Å². The number of hydrogen-bond donors (Lipinski definition) is 4. The van der Waals surface area contributed by atoms with E-state index in [1.54, 1.807) is 41.0 Å². The maximum absolute atomic E-state index is 13.0. The van der Waals surface area contributed by atoms with Crippen LogP contribution in [0.15, 0.2) is 48.5 Å². The predicted octanol–water partition coefficient (Wildman–Crippen LogP) is 1.62. The molecule has 2 aromatic carbocycles. The fourth-order valence-electron chi connectivity index (χ4n) is 3.87. The molecule has 0 saturated carbocycles. The molecule has 1 heterocycles. The number of nitrogens with zero attached hydrogens (tertiary/aromatic N) is 2. The molecule has 0 aromatic heterocycles. The van der Waals surface area contributed by atoms with Crippen LogP contribution in [0.25, 0.3) is 0 Å². The number of ether oxygens (including phenoxy) is 2. The number of amides is 2. The minimum absolute atomic E-state index is 0. The number of esters is 2. The summed E-state index contributed by atoms with van der Waals surface area (Å²) >= 11 is 0. The van der Waals surface area contributed by atoms with Gasteiger partial charge in [0.05, 0.1) is 12.2 Å². The van der Waals surface area contributed by atoms with Crippen LogP contribution < -0.4 is 21.5 Å². The van der Waals surface area contributed by atoms with Crippen LogP contribution in [0, 0.1) is 5.41 Å². The van der Waals surface area contributed by atoms with Crippen LogP contribution in [0.1, 0.15) is 34.6 Å². The standard InChI is InChI=1S/C25H30N6O6.2ClH/c1-3-36-23(35)25(2,22(26)34)31-14-12-30(13-15-31)20(32)16-6-10-19(11-7-16)37-21(33)17-4-8-18(9-5-17)29-24(27)28;;/h4-11H,3,12-15H2,1-2H3,(H2,26,34)(H4,27,28,29);2*1H. The number of halogens is 2. The lowest BCUT2D eigenvalue weighted by molar-refractivity contribution is -0.162. The Hall–Kier alpha value is -3.87. The van der Waals surface area contributed by atoms with Gasteiger partial charge in [0.25, 0.3) is 5.91 Å². The van der Waals surface area contributed by atoms with Crippen LogP contribution in [-0.4, -0.2) is 77.8 Å². The SMILES string of the molecule is CCOC(=O)C(C)(C(N)=O)N1CCN(C(=O)c2ccc(OC(=O)c3ccc(NC(=N)N)cc3)cc2)CC1.Cl.Cl. The summed E-state index contributed by atoms with van der Waals surface area (Å²) in [6.07, 6.45) is 0. The average Bonchev–Trinajstić information content (AvgIpc) is 2.88. The summed E-state index contributed by atoms with van der Waals surface area (Å²) in [5.41, 5.74) is 10.4. The average molecular weight is 583 g/mol. The molecule has 6 N–H and O–H groups in total. The Morgan fingerprint density at radius 1 is 0.923 bits per heavy atom. The van der Waals surface area contributed by atoms with Gasteiger partial charge < -0.3 is 31.2 Å². The van der Waals surface area contributed by atoms with Crippen LogP contribution in [0.2, 0.25) is 0 Å². The van der Waals surface area contributed by atoms with Crippen molar-refractivity contribution in [2.45, 2.75) is 19.4 Å². The predicted molar refractivity (Wildman–Crippen MR) is 150 cm³/mol. The largest absolute Gasteiger partial charge is 0.464 e. The van der Waals surface area contributed by atoms with Crippen molar-refractivity contribution in [1.82, 2.24) is 9.80 Å². The van der Waals surface area contributed by atoms with Crippen molar-refractivity contribution in [3.63, 3.8) is 0 Å². The Kier molecular flexibility index (Phi) is 12.2. The van der Waals surface area contributed by atoms with Crippen molar-refractivity contribution in [3.8, 4) is 5.75 Å². The summed E-state index contributed by atoms with van der Waals surface area (Å²) in [5, 5.41) is 9.84. The third-order valence-electron chi connectivity index (χ3n) is 6.06. The molecule has 2 amide bonds. The molecule has 3 rings (SSSR count). The van der Waals surface area contributed by atoms with E-state index in [1.807, 2.05) is 0 Å². The summed E-state index contributed by atoms with van der Waals surface area (Å²) in [5.74, 6) is -2.28. The Labute approximate surface area is 238 Å². The molecule has 39 heavy (non-hydrogen) atoms. The molecule has 1 fully saturated rings. The van der Waals surface area contributed by atoms with E-state index in [0.29, 0.717) is 16.8 Å². The quantitative estimate of drug-likeness (QED) is 0.118. The second kappa shape index (κ2) is 14.3. The molecule has 12 nitrogen and oxygen atoms in total. The van der Waals surface area contributed by atoms with Gasteiger partial charge in [0.2, 0.25) is 5.91 Å². The normalized spacial score (nSPS) is 14.5. The van der Waals surface area contributed by atoms with Crippen molar-refractivity contribution < 1.29 is 28.7 Å². The zero-order valence-electron chi connectivity index (χ0n) is 21.5. The van der Waals surface area contributed by atoms with Gasteiger partial charge in [0.1, 0.15) is 5.75 Å². The third-order valence-corrected chi connectivity index (χ3v) is 6.06. The molecule has 2 aromatic rings. The van der Waals surface area contributed by atoms with Gasteiger partial charge in [-0.05, 0) is 62.4 Å². The molecule has 1 aliphatic rings. The van der Waals surface area contributed by atoms with Crippen molar-refractivity contribution >= 4 is 60.2 Å². The van der Waals surface area contributed by atoms with E-state index in [9.17, 15) is 19.2 Å². The molecular formula is C25H32Cl2N6O6. The number of guanidine groups is 1. The number of anilines is 1. The van der Waals surface area contributed by atoms with E-state index in [0.717, 1.165) is 0 Å². The molecule has 212 valence electrons. The number of nitrogens with one attached hydrogen (secondary N) is 2. The first-order chi connectivity index (χ1) is 17.6. The van der Waals surface area contributed by atoms with Gasteiger partial charge in [-0.25, -0.2) is 9.59 Å². The number of rotatable bonds is 8. The Morgan fingerprint density at radius 2 is 1.46 bits per heavy atom. The van der Waals surface area contributed by atoms with Crippen LogP contribution in [0.3, 0.4) is 0 Å². The first kappa shape index (κ1) is 33.2. The van der Waals surface area contributed by atoms with E-state index >= 15 is 0 Å². The zero-order chi connectivity index (χ0) is 27.2. The lowest BCUT2D eigenvalue weighted by atomic mass is 9.97. The van der Waals surface area contributed by atoms with Crippen LogP contribution in [-0.2, 0) is 14.3 Å². The third kappa shape index (κ3) is 7.82. The maximum Gasteiger partial charge on any atom is 0.343 e. The summed E-state index contributed by atoms with van der Waals surface area (Å²) in [6, 6.07) is 12.4. The highest BCUT2D eigenvalue weighted by molar-refractivity contribution is 6.06. The van der Waals surface area contributed by atoms with Crippen LogP contribution in [0.5, 0.6) is 5.75 Å². The molecule has 1 unspecified atom stereocenters. The fourth-order valence-corrected chi connectivity index (χ4v) is 3.87. The number of benzene rings is 2. The van der Waals surface area contributed by atoms with Crippen LogP contribution in [0.4, 0.5) is 5.69 Å². The van der Waals surface area contributed by atoms with Crippen molar-refractivity contribution in [1.29, 1.82) is 5.41 Å². The first-order valence-corrected chi connectivity index (χ1v) is 11.6. The van der Waals surface area contributed by atoms with E-state index in [2.05, 4.69) is 5.32 Å². The molecule has 14 heteroatoms. The molecule has 1 saturated heterocycles. The Bertz CT molecular complexity index is 1190. The highest BCUT2D eigenvalue weighted by Gasteiger charge is 2.47. The lowest BCUT2D eigenvalue weighted by Crippen LogP contribution is -2.65. The molecule has 1 atom stereocenters. The van der Waals surface area contributed by atoms with Crippen molar-refractivity contribution in [2.24, 2.45) is 11.5 Å². The number of carbonyl (C=O) groups excluding carboxylic acids is 4. The van der Waals surface area contributed by atoms with Gasteiger partial charge in [-0.1, -0.05) is 0 Å². The van der Waals surface area contributed by atoms with E-state index in [1.165, 1.54) is 31.2 Å². The van der Waals surface area contributed by atoms with Gasteiger partial charge in [0.15, 0.2) is 11.5 Å². The second-order valence-corrected chi connectivity index (χ2v) is 8.47.